The number of benzene rings is 2. The summed E-state index contributed by atoms with van der Waals surface area (Å²) in [5, 5.41) is 6.06. The highest BCUT2D eigenvalue weighted by Crippen LogP contribution is 2.24. The van der Waals surface area contributed by atoms with Crippen LogP contribution in [0.2, 0.25) is 0 Å². The topological polar surface area (TPSA) is 66.9 Å². The Kier molecular flexibility index (Phi) is 5.45. The van der Waals surface area contributed by atoms with Gasteiger partial charge in [-0.15, -0.1) is 0 Å². The fourth-order valence-corrected chi connectivity index (χ4v) is 2.84. The summed E-state index contributed by atoms with van der Waals surface area (Å²) < 4.78 is 0. The van der Waals surface area contributed by atoms with Crippen LogP contribution in [0.15, 0.2) is 54.9 Å². The average molecular weight is 374 g/mol. The average Bonchev–Trinajstić information content (AvgIpc) is 2.64. The van der Waals surface area contributed by atoms with Gasteiger partial charge in [-0.3, -0.25) is 4.79 Å². The van der Waals surface area contributed by atoms with Gasteiger partial charge < -0.3 is 10.6 Å². The van der Waals surface area contributed by atoms with Gasteiger partial charge in [0.1, 0.15) is 0 Å². The van der Waals surface area contributed by atoms with E-state index in [1.807, 2.05) is 43.3 Å². The Hall–Kier alpha value is -3.21. The molecule has 0 spiro atoms. The Morgan fingerprint density at radius 2 is 1.57 bits per heavy atom. The zero-order valence-electron chi connectivity index (χ0n) is 17.0. The van der Waals surface area contributed by atoms with Gasteiger partial charge in [-0.2, -0.15) is 0 Å². The summed E-state index contributed by atoms with van der Waals surface area (Å²) in [6, 6.07) is 14.0. The van der Waals surface area contributed by atoms with Crippen LogP contribution >= 0.6 is 0 Å². The molecule has 5 heteroatoms. The second-order valence-corrected chi connectivity index (χ2v) is 8.02. The lowest BCUT2D eigenvalue weighted by atomic mass is 9.87. The molecule has 2 aromatic carbocycles. The zero-order chi connectivity index (χ0) is 20.3. The van der Waals surface area contributed by atoms with Crippen molar-refractivity contribution in [3.8, 4) is 0 Å². The molecule has 1 heterocycles. The predicted molar refractivity (Wildman–Crippen MR) is 114 cm³/mol. The number of carbonyl (C=O) groups is 1. The minimum Gasteiger partial charge on any atom is -0.324 e. The summed E-state index contributed by atoms with van der Waals surface area (Å²) in [4.78, 5) is 21.0. The monoisotopic (exact) mass is 374 g/mol. The first-order valence-electron chi connectivity index (χ1n) is 9.30. The highest BCUT2D eigenvalue weighted by Gasteiger charge is 2.14. The molecule has 0 aliphatic carbocycles. The van der Waals surface area contributed by atoms with E-state index in [2.05, 4.69) is 54.4 Å². The standard InChI is InChI=1S/C23H26N4O/c1-15-6-11-20(16(2)12-15)27-22-24-13-17(14-25-22)21(28)26-19-9-7-18(8-10-19)23(3,4)5/h6-14H,1-5H3,(H,26,28)(H,24,25,27). The van der Waals surface area contributed by atoms with E-state index in [1.165, 1.54) is 23.5 Å². The van der Waals surface area contributed by atoms with Gasteiger partial charge in [-0.05, 0) is 48.6 Å². The summed E-state index contributed by atoms with van der Waals surface area (Å²) in [5.41, 5.74) is 5.71. The van der Waals surface area contributed by atoms with Crippen molar-refractivity contribution in [3.05, 3.63) is 77.1 Å². The van der Waals surface area contributed by atoms with Crippen LogP contribution in [0.4, 0.5) is 17.3 Å². The Morgan fingerprint density at radius 1 is 0.929 bits per heavy atom. The van der Waals surface area contributed by atoms with Crippen molar-refractivity contribution in [2.45, 2.75) is 40.0 Å². The van der Waals surface area contributed by atoms with E-state index >= 15 is 0 Å². The Bertz CT molecular complexity index is 971. The lowest BCUT2D eigenvalue weighted by molar-refractivity contribution is 0.102. The third-order valence-electron chi connectivity index (χ3n) is 4.55. The summed E-state index contributed by atoms with van der Waals surface area (Å²) in [7, 11) is 0. The van der Waals surface area contributed by atoms with Gasteiger partial charge in [0, 0.05) is 23.8 Å². The fraction of sp³-hybridized carbons (Fsp3) is 0.261. The number of hydrogen-bond acceptors (Lipinski definition) is 4. The Labute approximate surface area is 166 Å². The molecular formula is C23H26N4O. The summed E-state index contributed by atoms with van der Waals surface area (Å²) in [6.45, 7) is 10.6. The van der Waals surface area contributed by atoms with Crippen LogP contribution in [0.25, 0.3) is 0 Å². The molecule has 0 saturated heterocycles. The van der Waals surface area contributed by atoms with Crippen LogP contribution in [0.5, 0.6) is 0 Å². The lowest BCUT2D eigenvalue weighted by Gasteiger charge is -2.19. The van der Waals surface area contributed by atoms with E-state index in [0.29, 0.717) is 11.5 Å². The SMILES string of the molecule is Cc1ccc(Nc2ncc(C(=O)Nc3ccc(C(C)(C)C)cc3)cn2)c(C)c1. The molecule has 0 saturated carbocycles. The second-order valence-electron chi connectivity index (χ2n) is 8.02. The quantitative estimate of drug-likeness (QED) is 0.643. The third-order valence-corrected chi connectivity index (χ3v) is 4.55. The number of aryl methyl sites for hydroxylation is 2. The molecule has 5 nitrogen and oxygen atoms in total. The van der Waals surface area contributed by atoms with Crippen LogP contribution < -0.4 is 10.6 Å². The molecule has 1 aromatic heterocycles. The molecule has 0 unspecified atom stereocenters. The maximum atomic E-state index is 12.4. The molecule has 1 amide bonds. The molecule has 2 N–H and O–H groups in total. The van der Waals surface area contributed by atoms with E-state index in [9.17, 15) is 4.79 Å². The molecule has 3 rings (SSSR count). The van der Waals surface area contributed by atoms with Gasteiger partial charge in [0.15, 0.2) is 0 Å². The van der Waals surface area contributed by atoms with Crippen LogP contribution in [0.3, 0.4) is 0 Å². The van der Waals surface area contributed by atoms with Crippen LogP contribution in [0, 0.1) is 13.8 Å². The van der Waals surface area contributed by atoms with Crippen molar-refractivity contribution in [1.82, 2.24) is 9.97 Å². The minimum atomic E-state index is -0.235. The van der Waals surface area contributed by atoms with Crippen molar-refractivity contribution < 1.29 is 4.79 Å². The van der Waals surface area contributed by atoms with Crippen molar-refractivity contribution in [2.75, 3.05) is 10.6 Å². The van der Waals surface area contributed by atoms with E-state index in [0.717, 1.165) is 16.9 Å². The Morgan fingerprint density at radius 3 is 2.14 bits per heavy atom. The minimum absolute atomic E-state index is 0.0784. The number of rotatable bonds is 4. The number of nitrogens with zero attached hydrogens (tertiary/aromatic N) is 2. The lowest BCUT2D eigenvalue weighted by Crippen LogP contribution is -2.14. The van der Waals surface area contributed by atoms with Gasteiger partial charge in [0.05, 0.1) is 5.56 Å². The number of aromatic nitrogens is 2. The van der Waals surface area contributed by atoms with E-state index in [4.69, 9.17) is 0 Å². The number of amides is 1. The van der Waals surface area contributed by atoms with Gasteiger partial charge >= 0.3 is 0 Å². The number of carbonyl (C=O) groups excluding carboxylic acids is 1. The Balaban J connectivity index is 1.66. The van der Waals surface area contributed by atoms with Gasteiger partial charge in [0.25, 0.3) is 5.91 Å². The van der Waals surface area contributed by atoms with Crippen molar-refractivity contribution in [3.63, 3.8) is 0 Å². The highest BCUT2D eigenvalue weighted by molar-refractivity contribution is 6.03. The second kappa shape index (κ2) is 7.80. The molecule has 0 aliphatic heterocycles. The molecule has 0 radical (unpaired) electrons. The zero-order valence-corrected chi connectivity index (χ0v) is 17.0. The third kappa shape index (κ3) is 4.74. The smallest absolute Gasteiger partial charge is 0.258 e. The number of anilines is 3. The van der Waals surface area contributed by atoms with Crippen LogP contribution in [-0.4, -0.2) is 15.9 Å². The molecule has 144 valence electrons. The molecule has 0 aliphatic rings. The van der Waals surface area contributed by atoms with E-state index in [-0.39, 0.29) is 11.3 Å². The summed E-state index contributed by atoms with van der Waals surface area (Å²) in [6.07, 6.45) is 3.05. The predicted octanol–water partition coefficient (Wildman–Crippen LogP) is 5.39. The van der Waals surface area contributed by atoms with Gasteiger partial charge in [0.2, 0.25) is 5.95 Å². The van der Waals surface area contributed by atoms with Crippen molar-refractivity contribution >= 4 is 23.2 Å². The molecule has 3 aromatic rings. The molecule has 0 atom stereocenters. The maximum absolute atomic E-state index is 12.4. The normalized spacial score (nSPS) is 11.2. The first-order valence-corrected chi connectivity index (χ1v) is 9.30. The largest absolute Gasteiger partial charge is 0.324 e. The van der Waals surface area contributed by atoms with E-state index in [1.54, 1.807) is 0 Å². The van der Waals surface area contributed by atoms with Crippen LogP contribution in [-0.2, 0) is 5.41 Å². The fourth-order valence-electron chi connectivity index (χ4n) is 2.84. The highest BCUT2D eigenvalue weighted by atomic mass is 16.1. The van der Waals surface area contributed by atoms with Crippen molar-refractivity contribution in [1.29, 1.82) is 0 Å². The van der Waals surface area contributed by atoms with Gasteiger partial charge in [-0.1, -0.05) is 50.6 Å². The first-order chi connectivity index (χ1) is 13.2. The summed E-state index contributed by atoms with van der Waals surface area (Å²) in [5.74, 6) is 0.222. The van der Waals surface area contributed by atoms with E-state index < -0.39 is 0 Å². The molecular weight excluding hydrogens is 348 g/mol. The number of nitrogens with one attached hydrogen (secondary N) is 2. The van der Waals surface area contributed by atoms with Crippen molar-refractivity contribution in [2.24, 2.45) is 0 Å². The maximum Gasteiger partial charge on any atom is 0.258 e. The molecule has 0 fully saturated rings. The van der Waals surface area contributed by atoms with Gasteiger partial charge in [-0.25, -0.2) is 9.97 Å². The first kappa shape index (κ1) is 19.5. The summed E-state index contributed by atoms with van der Waals surface area (Å²) >= 11 is 0. The number of hydrogen-bond donors (Lipinski definition) is 2. The molecule has 0 bridgehead atoms. The van der Waals surface area contributed by atoms with Crippen LogP contribution in [0.1, 0.15) is 47.8 Å². The molecule has 28 heavy (non-hydrogen) atoms.